The van der Waals surface area contributed by atoms with E-state index in [0.717, 1.165) is 18.9 Å². The number of phenolic OH excluding ortho intramolecular Hbond substituents is 1. The summed E-state index contributed by atoms with van der Waals surface area (Å²) in [6.45, 7) is 3.23. The minimum atomic E-state index is -5.11. The molecule has 0 radical (unpaired) electrons. The summed E-state index contributed by atoms with van der Waals surface area (Å²) in [5.74, 6) is -9.22. The lowest BCUT2D eigenvalue weighted by Crippen LogP contribution is -2.66. The SMILES string of the molecule is CCN(C)[C@@H]1C(=O)C(C(N)=O)=C(O)[C@@]2(O)C(=O)C3=C(O)c4c(O)cc(CN5CCCC5)c(OC(F)(F)F)c4C[C@H]3C[C@@H]12. The minimum absolute atomic E-state index is 0.0436. The number of nitrogens with zero attached hydrogens (tertiary/aromatic N) is 2. The lowest BCUT2D eigenvalue weighted by molar-refractivity contribution is -0.275. The molecule has 0 spiro atoms. The van der Waals surface area contributed by atoms with Crippen molar-refractivity contribution in [3.63, 3.8) is 0 Å². The van der Waals surface area contributed by atoms with Gasteiger partial charge in [-0.2, -0.15) is 0 Å². The molecule has 14 heteroatoms. The molecule has 5 rings (SSSR count). The number of hydrogen-bond donors (Lipinski definition) is 5. The van der Waals surface area contributed by atoms with Crippen molar-refractivity contribution >= 4 is 23.2 Å². The predicted octanol–water partition coefficient (Wildman–Crippen LogP) is 1.85. The van der Waals surface area contributed by atoms with Crippen LogP contribution in [-0.2, 0) is 27.3 Å². The molecule has 42 heavy (non-hydrogen) atoms. The number of Topliss-reactive ketones (excluding diaryl/α,β-unsaturated/α-hetero) is 2. The van der Waals surface area contributed by atoms with E-state index in [-0.39, 0.29) is 37.1 Å². The lowest BCUT2D eigenvalue weighted by atomic mass is 9.57. The van der Waals surface area contributed by atoms with Crippen LogP contribution in [0.15, 0.2) is 23.0 Å². The van der Waals surface area contributed by atoms with E-state index in [9.17, 15) is 48.0 Å². The third-order valence-corrected chi connectivity index (χ3v) is 8.98. The van der Waals surface area contributed by atoms with Gasteiger partial charge in [0.2, 0.25) is 5.78 Å². The van der Waals surface area contributed by atoms with Crippen LogP contribution >= 0.6 is 0 Å². The molecule has 0 bridgehead atoms. The van der Waals surface area contributed by atoms with Crippen molar-refractivity contribution in [2.24, 2.45) is 17.6 Å². The number of aliphatic hydroxyl groups excluding tert-OH is 2. The van der Waals surface area contributed by atoms with E-state index in [1.807, 2.05) is 4.90 Å². The van der Waals surface area contributed by atoms with Gasteiger partial charge in [0.25, 0.3) is 5.91 Å². The number of fused-ring (bicyclic) bond motifs is 3. The van der Waals surface area contributed by atoms with Crippen LogP contribution in [0.25, 0.3) is 5.76 Å². The highest BCUT2D eigenvalue weighted by Crippen LogP contribution is 2.54. The number of rotatable bonds is 6. The molecule has 1 aliphatic heterocycles. The molecule has 1 amide bonds. The maximum atomic E-state index is 14.0. The first-order chi connectivity index (χ1) is 19.6. The van der Waals surface area contributed by atoms with Crippen LogP contribution in [0.5, 0.6) is 11.5 Å². The molecule has 1 saturated carbocycles. The molecule has 1 aromatic rings. The molecule has 1 saturated heterocycles. The van der Waals surface area contributed by atoms with Crippen molar-refractivity contribution in [1.82, 2.24) is 9.80 Å². The number of nitrogens with two attached hydrogens (primary N) is 1. The van der Waals surface area contributed by atoms with E-state index >= 15 is 0 Å². The average Bonchev–Trinajstić information content (AvgIpc) is 3.40. The standard InChI is InChI=1S/C28H32F3N3O8/c1-3-33(2)20-15-9-12-8-14-18(16(35)10-13(11-34-6-4-5-7-34)23(14)42-28(29,30)31)21(36)17(12)24(38)27(15,41)25(39)19(22(20)37)26(32)40/h10,12,15,20,35-36,39,41H,3-9,11H2,1-2H3,(H2,32,40)/t12-,15-,20-,27-/m0/s1. The number of carbonyl (C=O) groups excluding carboxylic acids is 3. The maximum Gasteiger partial charge on any atom is 0.573 e. The number of likely N-dealkylation sites (tertiary alicyclic amines) is 1. The Balaban J connectivity index is 1.71. The second-order valence-corrected chi connectivity index (χ2v) is 11.3. The molecule has 6 N–H and O–H groups in total. The number of primary amides is 1. The average molecular weight is 596 g/mol. The Morgan fingerprint density at radius 3 is 2.43 bits per heavy atom. The van der Waals surface area contributed by atoms with Crippen molar-refractivity contribution < 1.29 is 52.7 Å². The Hall–Kier alpha value is -3.62. The number of alkyl halides is 3. The number of amides is 1. The highest BCUT2D eigenvalue weighted by Gasteiger charge is 2.64. The third kappa shape index (κ3) is 4.52. The first-order valence-electron chi connectivity index (χ1n) is 13.7. The largest absolute Gasteiger partial charge is 0.573 e. The van der Waals surface area contributed by atoms with E-state index in [2.05, 4.69) is 4.74 Å². The molecular formula is C28H32F3N3O8. The molecule has 228 valence electrons. The summed E-state index contributed by atoms with van der Waals surface area (Å²) in [5, 5.41) is 44.9. The lowest BCUT2D eigenvalue weighted by Gasteiger charge is -2.50. The monoisotopic (exact) mass is 595 g/mol. The highest BCUT2D eigenvalue weighted by atomic mass is 19.4. The van der Waals surface area contributed by atoms with Crippen molar-refractivity contribution in [3.8, 4) is 11.5 Å². The molecule has 1 heterocycles. The maximum absolute atomic E-state index is 14.0. The van der Waals surface area contributed by atoms with Gasteiger partial charge in [-0.3, -0.25) is 24.2 Å². The quantitative estimate of drug-likeness (QED) is 0.306. The van der Waals surface area contributed by atoms with E-state index in [4.69, 9.17) is 5.73 Å². The van der Waals surface area contributed by atoms with Crippen LogP contribution in [0, 0.1) is 11.8 Å². The number of likely N-dealkylation sites (N-methyl/N-ethyl adjacent to an activating group) is 1. The fraction of sp³-hybridized carbons (Fsp3) is 0.536. The van der Waals surface area contributed by atoms with Crippen LogP contribution in [0.2, 0.25) is 0 Å². The van der Waals surface area contributed by atoms with Gasteiger partial charge in [-0.15, -0.1) is 13.2 Å². The van der Waals surface area contributed by atoms with E-state index in [1.165, 1.54) is 11.9 Å². The Labute approximate surface area is 238 Å². The van der Waals surface area contributed by atoms with Gasteiger partial charge in [-0.1, -0.05) is 6.92 Å². The number of ketones is 2. The first kappa shape index (κ1) is 29.9. The first-order valence-corrected chi connectivity index (χ1v) is 13.7. The number of hydrogen-bond acceptors (Lipinski definition) is 10. The van der Waals surface area contributed by atoms with Gasteiger partial charge in [0.15, 0.2) is 11.4 Å². The zero-order valence-electron chi connectivity index (χ0n) is 23.0. The van der Waals surface area contributed by atoms with Crippen molar-refractivity contribution in [1.29, 1.82) is 0 Å². The van der Waals surface area contributed by atoms with E-state index < -0.39 is 87.0 Å². The zero-order valence-corrected chi connectivity index (χ0v) is 23.0. The summed E-state index contributed by atoms with van der Waals surface area (Å²) in [6.07, 6.45) is -3.96. The predicted molar refractivity (Wildman–Crippen MR) is 140 cm³/mol. The number of carbonyl (C=O) groups is 3. The summed E-state index contributed by atoms with van der Waals surface area (Å²) in [6, 6.07) is -0.248. The third-order valence-electron chi connectivity index (χ3n) is 8.98. The Morgan fingerprint density at radius 1 is 1.21 bits per heavy atom. The summed E-state index contributed by atoms with van der Waals surface area (Å²) < 4.78 is 45.5. The molecule has 2 fully saturated rings. The second-order valence-electron chi connectivity index (χ2n) is 11.3. The molecule has 4 aliphatic rings. The fourth-order valence-corrected chi connectivity index (χ4v) is 7.01. The van der Waals surface area contributed by atoms with Crippen LogP contribution in [0.1, 0.15) is 42.9 Å². The van der Waals surface area contributed by atoms with Gasteiger partial charge in [-0.05, 0) is 64.3 Å². The molecule has 1 aromatic carbocycles. The molecule has 0 aromatic heterocycles. The number of ether oxygens (including phenoxy) is 1. The summed E-state index contributed by atoms with van der Waals surface area (Å²) in [7, 11) is 1.51. The van der Waals surface area contributed by atoms with Gasteiger partial charge in [-0.25, -0.2) is 0 Å². The molecule has 0 unspecified atom stereocenters. The normalized spacial score (nSPS) is 28.2. The zero-order chi connectivity index (χ0) is 30.9. The number of halogens is 3. The topological polar surface area (TPSA) is 174 Å². The highest BCUT2D eigenvalue weighted by molar-refractivity contribution is 6.24. The van der Waals surface area contributed by atoms with Gasteiger partial charge >= 0.3 is 6.36 Å². The number of phenols is 1. The molecule has 4 atom stereocenters. The van der Waals surface area contributed by atoms with Crippen LogP contribution < -0.4 is 10.5 Å². The Morgan fingerprint density at radius 2 is 1.86 bits per heavy atom. The molecule has 11 nitrogen and oxygen atoms in total. The number of aromatic hydroxyl groups is 1. The van der Waals surface area contributed by atoms with Crippen LogP contribution in [-0.4, -0.2) is 92.4 Å². The molecule has 3 aliphatic carbocycles. The number of aliphatic hydroxyl groups is 3. The van der Waals surface area contributed by atoms with Gasteiger partial charge in [0.05, 0.1) is 11.6 Å². The Bertz CT molecular complexity index is 1430. The van der Waals surface area contributed by atoms with Gasteiger partial charge in [0, 0.05) is 29.2 Å². The van der Waals surface area contributed by atoms with Crippen LogP contribution in [0.4, 0.5) is 13.2 Å². The summed E-state index contributed by atoms with van der Waals surface area (Å²) in [4.78, 5) is 42.8. The van der Waals surface area contributed by atoms with Crippen LogP contribution in [0.3, 0.4) is 0 Å². The summed E-state index contributed by atoms with van der Waals surface area (Å²) >= 11 is 0. The second kappa shape index (κ2) is 10.3. The smallest absolute Gasteiger partial charge is 0.508 e. The summed E-state index contributed by atoms with van der Waals surface area (Å²) in [5.41, 5.74) is 0.495. The van der Waals surface area contributed by atoms with Gasteiger partial charge in [0.1, 0.15) is 28.6 Å². The van der Waals surface area contributed by atoms with E-state index in [1.54, 1.807) is 6.92 Å². The Kier molecular flexibility index (Phi) is 7.31. The number of benzene rings is 1. The minimum Gasteiger partial charge on any atom is -0.508 e. The van der Waals surface area contributed by atoms with E-state index in [0.29, 0.717) is 13.1 Å². The molecular weight excluding hydrogens is 563 g/mol. The van der Waals surface area contributed by atoms with Crippen molar-refractivity contribution in [2.45, 2.75) is 57.2 Å². The van der Waals surface area contributed by atoms with Gasteiger partial charge < -0.3 is 30.9 Å². The van der Waals surface area contributed by atoms with Crippen molar-refractivity contribution in [3.05, 3.63) is 39.7 Å². The fourth-order valence-electron chi connectivity index (χ4n) is 7.01. The van der Waals surface area contributed by atoms with Crippen molar-refractivity contribution in [2.75, 3.05) is 26.7 Å².